The van der Waals surface area contributed by atoms with Crippen molar-refractivity contribution in [2.75, 3.05) is 0 Å². The Labute approximate surface area is 322 Å². The number of thiophene rings is 1. The average molecular weight is 879 g/mol. The molecule has 3 aromatic heterocycles. The zero-order valence-electron chi connectivity index (χ0n) is 30.6. The summed E-state index contributed by atoms with van der Waals surface area (Å²) in [6, 6.07) is 41.1. The fraction of sp³-hybridized carbons (Fsp3) is 0.261. The topological polar surface area (TPSA) is 25.8 Å². The summed E-state index contributed by atoms with van der Waals surface area (Å²) in [4.78, 5) is 9.53. The number of nitrogens with zero attached hydrogens (tertiary/aromatic N) is 2. The normalized spacial score (nSPS) is 12.9. The second-order valence-electron chi connectivity index (χ2n) is 15.8. The second kappa shape index (κ2) is 15.5. The van der Waals surface area contributed by atoms with E-state index in [0.717, 1.165) is 29.8 Å². The van der Waals surface area contributed by atoms with Gasteiger partial charge in [0.05, 0.1) is 8.07 Å². The van der Waals surface area contributed by atoms with Crippen LogP contribution in [0.15, 0.2) is 109 Å². The Morgan fingerprint density at radius 2 is 1.55 bits per heavy atom. The van der Waals surface area contributed by atoms with Gasteiger partial charge < -0.3 is 9.97 Å². The molecule has 0 amide bonds. The van der Waals surface area contributed by atoms with Gasteiger partial charge in [0.2, 0.25) is 0 Å². The van der Waals surface area contributed by atoms with Crippen LogP contribution in [0.25, 0.3) is 53.8 Å². The summed E-state index contributed by atoms with van der Waals surface area (Å²) in [6.07, 6.45) is 10.0. The number of benzene rings is 4. The summed E-state index contributed by atoms with van der Waals surface area (Å²) in [5.74, 6) is 0. The van der Waals surface area contributed by atoms with Gasteiger partial charge in [-0.2, -0.15) is 11.3 Å². The van der Waals surface area contributed by atoms with E-state index >= 15 is 0 Å². The summed E-state index contributed by atoms with van der Waals surface area (Å²) in [6.45, 7) is 14.1. The predicted octanol–water partition coefficient (Wildman–Crippen LogP) is 12.1. The molecular formula is C46H46IrN2SSi-2. The molecule has 261 valence electrons. The van der Waals surface area contributed by atoms with Crippen LogP contribution in [0.5, 0.6) is 0 Å². The van der Waals surface area contributed by atoms with Crippen molar-refractivity contribution in [3.63, 3.8) is 0 Å². The molecular weight excluding hydrogens is 833 g/mol. The van der Waals surface area contributed by atoms with Gasteiger partial charge in [-0.1, -0.05) is 111 Å². The second-order valence-corrected chi connectivity index (χ2v) is 21.9. The van der Waals surface area contributed by atoms with Gasteiger partial charge in [0, 0.05) is 37.2 Å². The number of fused-ring (bicyclic) bond motifs is 4. The van der Waals surface area contributed by atoms with Crippen molar-refractivity contribution < 1.29 is 20.1 Å². The number of pyridine rings is 2. The van der Waals surface area contributed by atoms with Crippen LogP contribution >= 0.6 is 11.3 Å². The predicted molar refractivity (Wildman–Crippen MR) is 218 cm³/mol. The Hall–Kier alpha value is -3.73. The Morgan fingerprint density at radius 1 is 0.765 bits per heavy atom. The van der Waals surface area contributed by atoms with Gasteiger partial charge in [-0.3, -0.25) is 0 Å². The molecule has 0 unspecified atom stereocenters. The van der Waals surface area contributed by atoms with E-state index in [1.165, 1.54) is 78.0 Å². The molecule has 0 saturated carbocycles. The van der Waals surface area contributed by atoms with E-state index in [0.29, 0.717) is 0 Å². The monoisotopic (exact) mass is 879 g/mol. The summed E-state index contributed by atoms with van der Waals surface area (Å²) < 4.78 is 2.63. The van der Waals surface area contributed by atoms with Crippen molar-refractivity contribution in [2.45, 2.75) is 72.5 Å². The third-order valence-corrected chi connectivity index (χ3v) is 12.8. The minimum Gasteiger partial charge on any atom is -0.305 e. The van der Waals surface area contributed by atoms with Gasteiger partial charge in [-0.15, -0.1) is 59.7 Å². The van der Waals surface area contributed by atoms with Gasteiger partial charge in [-0.05, 0) is 87.4 Å². The SMILES string of the molecule is CC(C)(C)Cc1cc(-c2[c-]cccc2)ncc1[Si](C)(C)C.[Ir].[c-]1ccc2c(sc3cc(-c4ccccc4)ccc32)c1-c1nccc2c1CCCC2. The molecule has 8 rings (SSSR count). The molecule has 7 aromatic rings. The first kappa shape index (κ1) is 37.0. The smallest absolute Gasteiger partial charge is 0.0798 e. The van der Waals surface area contributed by atoms with Crippen LogP contribution in [-0.4, -0.2) is 18.0 Å². The molecule has 2 nitrogen and oxygen atoms in total. The van der Waals surface area contributed by atoms with Crippen molar-refractivity contribution in [1.29, 1.82) is 0 Å². The number of aryl methyl sites for hydroxylation is 1. The van der Waals surface area contributed by atoms with Crippen LogP contribution in [-0.2, 0) is 39.4 Å². The zero-order valence-corrected chi connectivity index (χ0v) is 34.8. The van der Waals surface area contributed by atoms with Crippen molar-refractivity contribution >= 4 is 44.8 Å². The van der Waals surface area contributed by atoms with Gasteiger partial charge in [0.15, 0.2) is 0 Å². The van der Waals surface area contributed by atoms with Gasteiger partial charge >= 0.3 is 0 Å². The summed E-state index contributed by atoms with van der Waals surface area (Å²) in [5, 5.41) is 4.12. The maximum Gasteiger partial charge on any atom is 0.0798 e. The molecule has 0 saturated heterocycles. The number of rotatable bonds is 5. The van der Waals surface area contributed by atoms with Crippen LogP contribution in [0.2, 0.25) is 19.6 Å². The first-order valence-electron chi connectivity index (χ1n) is 17.9. The molecule has 0 atom stereocenters. The standard InChI is InChI=1S/C27H20NS.C19H26NSi.Ir/c1-2-7-18(8-3-1)20-13-14-22-23-11-6-12-24(27(23)29-25(22)17-20)26-21-10-5-4-9-19(21)15-16-28-26;1-19(2,3)13-16-12-17(15-10-8-7-9-11-15)20-14-18(16)21(4,5)6;/h1-3,6-8,11,13-17H,4-5,9-10H2;7-10,12,14H,13H2,1-6H3;/q2*-1;. The Kier molecular flexibility index (Phi) is 11.2. The van der Waals surface area contributed by atoms with E-state index in [4.69, 9.17) is 9.97 Å². The third kappa shape index (κ3) is 8.34. The van der Waals surface area contributed by atoms with Gasteiger partial charge in [-0.25, -0.2) is 0 Å². The number of hydrogen-bond acceptors (Lipinski definition) is 3. The molecule has 51 heavy (non-hydrogen) atoms. The molecule has 0 fully saturated rings. The molecule has 1 aliphatic carbocycles. The van der Waals surface area contributed by atoms with Gasteiger partial charge in [0.1, 0.15) is 0 Å². The Balaban J connectivity index is 0.000000182. The van der Waals surface area contributed by atoms with Crippen molar-refractivity contribution in [3.8, 4) is 33.6 Å². The van der Waals surface area contributed by atoms with Crippen molar-refractivity contribution in [3.05, 3.63) is 138 Å². The Morgan fingerprint density at radius 3 is 2.29 bits per heavy atom. The van der Waals surface area contributed by atoms with E-state index in [1.807, 2.05) is 35.7 Å². The molecule has 5 heteroatoms. The van der Waals surface area contributed by atoms with Gasteiger partial charge in [0.25, 0.3) is 0 Å². The van der Waals surface area contributed by atoms with Crippen molar-refractivity contribution in [1.82, 2.24) is 9.97 Å². The van der Waals surface area contributed by atoms with E-state index < -0.39 is 8.07 Å². The van der Waals surface area contributed by atoms with E-state index in [1.54, 1.807) is 0 Å². The first-order chi connectivity index (χ1) is 24.0. The average Bonchev–Trinajstić information content (AvgIpc) is 3.49. The fourth-order valence-corrected chi connectivity index (χ4v) is 10.0. The summed E-state index contributed by atoms with van der Waals surface area (Å²) >= 11 is 1.87. The quantitative estimate of drug-likeness (QED) is 0.127. The maximum absolute atomic E-state index is 4.82. The fourth-order valence-electron chi connectivity index (χ4n) is 7.20. The largest absolute Gasteiger partial charge is 0.305 e. The molecule has 0 aliphatic heterocycles. The minimum atomic E-state index is -1.37. The minimum absolute atomic E-state index is 0. The zero-order chi connectivity index (χ0) is 34.9. The Bertz CT molecular complexity index is 2260. The van der Waals surface area contributed by atoms with Crippen molar-refractivity contribution in [2.24, 2.45) is 5.41 Å². The first-order valence-corrected chi connectivity index (χ1v) is 22.2. The number of hydrogen-bond donors (Lipinski definition) is 0. The van der Waals surface area contributed by atoms with E-state index in [-0.39, 0.29) is 25.5 Å². The summed E-state index contributed by atoms with van der Waals surface area (Å²) in [7, 11) is -1.37. The van der Waals surface area contributed by atoms with Crippen LogP contribution in [0.4, 0.5) is 0 Å². The number of aromatic nitrogens is 2. The van der Waals surface area contributed by atoms with Crippen LogP contribution < -0.4 is 5.19 Å². The van der Waals surface area contributed by atoms with Crippen LogP contribution in [0, 0.1) is 17.5 Å². The molecule has 0 spiro atoms. The molecule has 1 aliphatic rings. The molecule has 0 bridgehead atoms. The van der Waals surface area contributed by atoms with E-state index in [2.05, 4.69) is 138 Å². The van der Waals surface area contributed by atoms with E-state index in [9.17, 15) is 0 Å². The molecule has 4 aromatic carbocycles. The third-order valence-electron chi connectivity index (χ3n) is 9.56. The van der Waals surface area contributed by atoms with Crippen LogP contribution in [0.3, 0.4) is 0 Å². The summed E-state index contributed by atoms with van der Waals surface area (Å²) in [5.41, 5.74) is 11.6. The van der Waals surface area contributed by atoms with Crippen LogP contribution in [0.1, 0.15) is 50.3 Å². The molecule has 0 N–H and O–H groups in total. The molecule has 1 radical (unpaired) electrons. The molecule has 3 heterocycles. The maximum atomic E-state index is 4.82.